The van der Waals surface area contributed by atoms with Crippen LogP contribution in [0.25, 0.3) is 0 Å². The predicted octanol–water partition coefficient (Wildman–Crippen LogP) is -2.37. The Balaban J connectivity index is 0.00000169. The molecule has 0 spiro atoms. The number of hydrogen-bond donors (Lipinski definition) is 1. The summed E-state index contributed by atoms with van der Waals surface area (Å²) in [6.07, 6.45) is 6.40. The van der Waals surface area contributed by atoms with E-state index in [1.807, 2.05) is 30.6 Å². The fourth-order valence-electron chi connectivity index (χ4n) is 1.18. The molecule has 0 unspecified atom stereocenters. The van der Waals surface area contributed by atoms with Gasteiger partial charge >= 0.3 is 0 Å². The molecular formula is C10H15BrN2O. The molecule has 1 aromatic heterocycles. The van der Waals surface area contributed by atoms with Crippen LogP contribution in [0.5, 0.6) is 0 Å². The number of aryl methyl sites for hydroxylation is 1. The predicted molar refractivity (Wildman–Crippen MR) is 49.7 cm³/mol. The van der Waals surface area contributed by atoms with Crippen LogP contribution in [0.4, 0.5) is 0 Å². The molecule has 3 nitrogen and oxygen atoms in total. The largest absolute Gasteiger partial charge is 1.00 e. The summed E-state index contributed by atoms with van der Waals surface area (Å²) >= 11 is 0. The molecule has 1 aromatic rings. The minimum atomic E-state index is -0.210. The molecule has 0 saturated carbocycles. The van der Waals surface area contributed by atoms with Crippen molar-refractivity contribution in [2.24, 2.45) is 5.73 Å². The van der Waals surface area contributed by atoms with Gasteiger partial charge in [0, 0.05) is 25.0 Å². The highest BCUT2D eigenvalue weighted by atomic mass is 79.9. The second-order valence-electron chi connectivity index (χ2n) is 3.04. The molecule has 1 rings (SSSR count). The Morgan fingerprint density at radius 1 is 1.14 bits per heavy atom. The van der Waals surface area contributed by atoms with Crippen molar-refractivity contribution in [3.63, 3.8) is 0 Å². The number of amides is 1. The van der Waals surface area contributed by atoms with Gasteiger partial charge < -0.3 is 22.7 Å². The van der Waals surface area contributed by atoms with Crippen LogP contribution in [0.3, 0.4) is 0 Å². The summed E-state index contributed by atoms with van der Waals surface area (Å²) in [4.78, 5) is 10.4. The summed E-state index contributed by atoms with van der Waals surface area (Å²) < 4.78 is 2.10. The molecule has 1 amide bonds. The van der Waals surface area contributed by atoms with Crippen molar-refractivity contribution in [3.05, 3.63) is 30.6 Å². The van der Waals surface area contributed by atoms with Gasteiger partial charge in [-0.25, -0.2) is 4.57 Å². The van der Waals surface area contributed by atoms with Gasteiger partial charge in [-0.3, -0.25) is 4.79 Å². The first-order valence-electron chi connectivity index (χ1n) is 4.51. The second kappa shape index (κ2) is 7.50. The van der Waals surface area contributed by atoms with Crippen LogP contribution in [0.1, 0.15) is 19.3 Å². The standard InChI is InChI=1S/C10H14N2O.BrH/c11-10(13)6-2-5-9-12-7-3-1-4-8-12;/h1,3-4,7-8H,2,5-6,9H2,(H-,11,13);1H. The van der Waals surface area contributed by atoms with Crippen molar-refractivity contribution < 1.29 is 26.3 Å². The zero-order chi connectivity index (χ0) is 9.52. The van der Waals surface area contributed by atoms with Crippen LogP contribution in [0, 0.1) is 0 Å². The molecule has 0 radical (unpaired) electrons. The number of unbranched alkanes of at least 4 members (excludes halogenated alkanes) is 1. The number of rotatable bonds is 5. The first-order chi connectivity index (χ1) is 6.29. The highest BCUT2D eigenvalue weighted by molar-refractivity contribution is 5.73. The summed E-state index contributed by atoms with van der Waals surface area (Å²) in [5, 5.41) is 0. The monoisotopic (exact) mass is 258 g/mol. The Morgan fingerprint density at radius 2 is 1.79 bits per heavy atom. The van der Waals surface area contributed by atoms with Crippen LogP contribution in [-0.2, 0) is 11.3 Å². The molecule has 0 aliphatic rings. The number of nitrogens with two attached hydrogens (primary N) is 1. The summed E-state index contributed by atoms with van der Waals surface area (Å²) in [5.41, 5.74) is 5.03. The minimum Gasteiger partial charge on any atom is -1.00 e. The van der Waals surface area contributed by atoms with Gasteiger partial charge in [0.1, 0.15) is 6.54 Å². The third kappa shape index (κ3) is 5.70. The van der Waals surface area contributed by atoms with E-state index in [0.717, 1.165) is 19.4 Å². The van der Waals surface area contributed by atoms with E-state index in [4.69, 9.17) is 5.73 Å². The maximum atomic E-state index is 10.4. The highest BCUT2D eigenvalue weighted by Gasteiger charge is 1.99. The van der Waals surface area contributed by atoms with E-state index in [1.165, 1.54) is 0 Å². The zero-order valence-electron chi connectivity index (χ0n) is 8.03. The average molecular weight is 259 g/mol. The molecule has 0 aromatic carbocycles. The van der Waals surface area contributed by atoms with Crippen LogP contribution < -0.4 is 27.3 Å². The number of pyridine rings is 1. The molecular weight excluding hydrogens is 244 g/mol. The van der Waals surface area contributed by atoms with Gasteiger partial charge in [-0.1, -0.05) is 6.07 Å². The van der Waals surface area contributed by atoms with E-state index in [1.54, 1.807) is 0 Å². The average Bonchev–Trinajstić information content (AvgIpc) is 2.14. The normalized spacial score (nSPS) is 9.14. The van der Waals surface area contributed by atoms with Crippen molar-refractivity contribution in [1.82, 2.24) is 0 Å². The van der Waals surface area contributed by atoms with Crippen molar-refractivity contribution in [2.75, 3.05) is 0 Å². The molecule has 0 fully saturated rings. The number of primary amides is 1. The van der Waals surface area contributed by atoms with Crippen molar-refractivity contribution in [3.8, 4) is 0 Å². The zero-order valence-corrected chi connectivity index (χ0v) is 9.61. The maximum absolute atomic E-state index is 10.4. The lowest BCUT2D eigenvalue weighted by atomic mass is 10.2. The Labute approximate surface area is 94.7 Å². The number of aromatic nitrogens is 1. The fraction of sp³-hybridized carbons (Fsp3) is 0.400. The van der Waals surface area contributed by atoms with E-state index in [2.05, 4.69) is 4.57 Å². The van der Waals surface area contributed by atoms with Crippen LogP contribution in [0.2, 0.25) is 0 Å². The van der Waals surface area contributed by atoms with E-state index in [9.17, 15) is 4.79 Å². The molecule has 0 aliphatic carbocycles. The lowest BCUT2D eigenvalue weighted by molar-refractivity contribution is -0.697. The smallest absolute Gasteiger partial charge is 0.217 e. The van der Waals surface area contributed by atoms with Gasteiger partial charge in [0.25, 0.3) is 0 Å². The molecule has 0 saturated heterocycles. The molecule has 0 bridgehead atoms. The Hall–Kier alpha value is -0.900. The van der Waals surface area contributed by atoms with Crippen molar-refractivity contribution in [1.29, 1.82) is 0 Å². The molecule has 78 valence electrons. The number of nitrogens with zero attached hydrogens (tertiary/aromatic N) is 1. The Bertz CT molecular complexity index is 264. The third-order valence-corrected chi connectivity index (χ3v) is 1.87. The number of carbonyl (C=O) groups is 1. The van der Waals surface area contributed by atoms with Gasteiger partial charge in [0.15, 0.2) is 12.4 Å². The molecule has 4 heteroatoms. The number of halogens is 1. The Morgan fingerprint density at radius 3 is 2.36 bits per heavy atom. The first kappa shape index (κ1) is 13.1. The molecule has 0 atom stereocenters. The number of carbonyl (C=O) groups excluding carboxylic acids is 1. The lowest BCUT2D eigenvalue weighted by Gasteiger charge is -1.95. The van der Waals surface area contributed by atoms with E-state index in [-0.39, 0.29) is 22.9 Å². The van der Waals surface area contributed by atoms with Gasteiger partial charge in [0.05, 0.1) is 0 Å². The maximum Gasteiger partial charge on any atom is 0.217 e. The van der Waals surface area contributed by atoms with Crippen LogP contribution >= 0.6 is 0 Å². The SMILES string of the molecule is NC(=O)CCCC[n+]1ccccc1.[Br-]. The summed E-state index contributed by atoms with van der Waals surface area (Å²) in [6, 6.07) is 5.97. The quantitative estimate of drug-likeness (QED) is 0.466. The van der Waals surface area contributed by atoms with Gasteiger partial charge in [-0.05, 0) is 6.42 Å². The third-order valence-electron chi connectivity index (χ3n) is 1.87. The molecule has 0 aliphatic heterocycles. The topological polar surface area (TPSA) is 47.0 Å². The first-order valence-corrected chi connectivity index (χ1v) is 4.51. The highest BCUT2D eigenvalue weighted by Crippen LogP contribution is 1.93. The summed E-state index contributed by atoms with van der Waals surface area (Å²) in [6.45, 7) is 0.952. The second-order valence-corrected chi connectivity index (χ2v) is 3.04. The molecule has 1 heterocycles. The van der Waals surface area contributed by atoms with E-state index in [0.29, 0.717) is 6.42 Å². The van der Waals surface area contributed by atoms with Crippen molar-refractivity contribution in [2.45, 2.75) is 25.8 Å². The molecule has 2 N–H and O–H groups in total. The minimum absolute atomic E-state index is 0. The van der Waals surface area contributed by atoms with Gasteiger partial charge in [-0.2, -0.15) is 0 Å². The lowest BCUT2D eigenvalue weighted by Crippen LogP contribution is -3.00. The van der Waals surface area contributed by atoms with E-state index < -0.39 is 0 Å². The summed E-state index contributed by atoms with van der Waals surface area (Å²) in [5.74, 6) is -0.210. The van der Waals surface area contributed by atoms with Gasteiger partial charge in [0.2, 0.25) is 5.91 Å². The van der Waals surface area contributed by atoms with E-state index >= 15 is 0 Å². The fourth-order valence-corrected chi connectivity index (χ4v) is 1.18. The van der Waals surface area contributed by atoms with Crippen LogP contribution in [-0.4, -0.2) is 5.91 Å². The van der Waals surface area contributed by atoms with Crippen molar-refractivity contribution >= 4 is 5.91 Å². The molecule has 14 heavy (non-hydrogen) atoms. The summed E-state index contributed by atoms with van der Waals surface area (Å²) in [7, 11) is 0. The Kier molecular flexibility index (Phi) is 7.02. The van der Waals surface area contributed by atoms with Crippen LogP contribution in [0.15, 0.2) is 30.6 Å². The number of hydrogen-bond acceptors (Lipinski definition) is 1. The van der Waals surface area contributed by atoms with Gasteiger partial charge in [-0.15, -0.1) is 0 Å².